The second-order valence-corrected chi connectivity index (χ2v) is 6.04. The van der Waals surface area contributed by atoms with Gasteiger partial charge in [-0.1, -0.05) is 12.1 Å². The van der Waals surface area contributed by atoms with Crippen molar-refractivity contribution < 1.29 is 27.0 Å². The van der Waals surface area contributed by atoms with Crippen LogP contribution in [-0.2, 0) is 19.3 Å². The zero-order valence-electron chi connectivity index (χ0n) is 16.4. The van der Waals surface area contributed by atoms with Gasteiger partial charge in [0.15, 0.2) is 17.5 Å². The number of nitrogens with zero attached hydrogens (tertiary/aromatic N) is 1. The molecule has 0 heterocycles. The first-order valence-electron chi connectivity index (χ1n) is 8.87. The number of alkyl halides is 3. The number of guanidine groups is 1. The van der Waals surface area contributed by atoms with E-state index < -0.39 is 17.6 Å². The summed E-state index contributed by atoms with van der Waals surface area (Å²) in [6, 6.07) is 7.94. The number of halogens is 4. The van der Waals surface area contributed by atoms with Gasteiger partial charge in [-0.3, -0.25) is 0 Å². The van der Waals surface area contributed by atoms with Crippen LogP contribution >= 0.6 is 0 Å². The molecular formula is C20H23F4N3O2. The molecule has 0 unspecified atom stereocenters. The predicted octanol–water partition coefficient (Wildman–Crippen LogP) is 4.12. The third-order valence-corrected chi connectivity index (χ3v) is 4.04. The Morgan fingerprint density at radius 3 is 2.34 bits per heavy atom. The van der Waals surface area contributed by atoms with Crippen molar-refractivity contribution in [3.63, 3.8) is 0 Å². The molecule has 0 aliphatic carbocycles. The van der Waals surface area contributed by atoms with E-state index in [1.807, 2.05) is 13.0 Å². The molecule has 2 aromatic carbocycles. The number of nitrogens with one attached hydrogen (secondary N) is 2. The third kappa shape index (κ3) is 6.27. The van der Waals surface area contributed by atoms with Crippen molar-refractivity contribution in [1.29, 1.82) is 0 Å². The van der Waals surface area contributed by atoms with Crippen LogP contribution in [0.2, 0.25) is 0 Å². The van der Waals surface area contributed by atoms with Gasteiger partial charge < -0.3 is 20.1 Å². The fourth-order valence-electron chi connectivity index (χ4n) is 2.64. The zero-order valence-corrected chi connectivity index (χ0v) is 16.4. The Morgan fingerprint density at radius 1 is 1.00 bits per heavy atom. The summed E-state index contributed by atoms with van der Waals surface area (Å²) in [5.74, 6) is 0.537. The molecule has 9 heteroatoms. The normalized spacial score (nSPS) is 11.9. The fourth-order valence-corrected chi connectivity index (χ4v) is 2.64. The third-order valence-electron chi connectivity index (χ3n) is 4.04. The molecule has 0 saturated heterocycles. The van der Waals surface area contributed by atoms with Gasteiger partial charge in [0.1, 0.15) is 5.82 Å². The lowest BCUT2D eigenvalue weighted by molar-refractivity contribution is -0.138. The molecular weight excluding hydrogens is 390 g/mol. The smallest absolute Gasteiger partial charge is 0.416 e. The van der Waals surface area contributed by atoms with Gasteiger partial charge in [0.25, 0.3) is 0 Å². The minimum absolute atomic E-state index is 0.0735. The van der Waals surface area contributed by atoms with Crippen molar-refractivity contribution in [3.8, 4) is 11.5 Å². The van der Waals surface area contributed by atoms with Crippen molar-refractivity contribution >= 4 is 5.96 Å². The highest BCUT2D eigenvalue weighted by atomic mass is 19.4. The second-order valence-electron chi connectivity index (χ2n) is 6.04. The van der Waals surface area contributed by atoms with Gasteiger partial charge in [0.2, 0.25) is 0 Å². The average Bonchev–Trinajstić information content (AvgIpc) is 2.69. The Kier molecular flexibility index (Phi) is 7.69. The molecule has 2 rings (SSSR count). The number of hydrogen-bond donors (Lipinski definition) is 2. The van der Waals surface area contributed by atoms with E-state index in [-0.39, 0.29) is 18.7 Å². The Balaban J connectivity index is 2.15. The fraction of sp³-hybridized carbons (Fsp3) is 0.350. The average molecular weight is 413 g/mol. The molecule has 0 aromatic heterocycles. The first-order valence-corrected chi connectivity index (χ1v) is 8.87. The van der Waals surface area contributed by atoms with Crippen LogP contribution in [0.4, 0.5) is 17.6 Å². The number of aliphatic imine (C=N–C) groups is 1. The Morgan fingerprint density at radius 2 is 1.72 bits per heavy atom. The van der Waals surface area contributed by atoms with Crippen LogP contribution in [0.15, 0.2) is 41.4 Å². The van der Waals surface area contributed by atoms with Crippen molar-refractivity contribution in [2.24, 2.45) is 4.99 Å². The SMILES string of the molecule is CCNC(=NCc1ccc(OC)c(OC)c1)NCc1ccc(F)cc1C(F)(F)F. The molecule has 0 radical (unpaired) electrons. The minimum atomic E-state index is -4.64. The highest BCUT2D eigenvalue weighted by molar-refractivity contribution is 5.79. The summed E-state index contributed by atoms with van der Waals surface area (Å²) in [7, 11) is 3.06. The Bertz CT molecular complexity index is 854. The van der Waals surface area contributed by atoms with E-state index in [2.05, 4.69) is 15.6 Å². The number of hydrogen-bond acceptors (Lipinski definition) is 3. The van der Waals surface area contributed by atoms with Crippen LogP contribution in [0.5, 0.6) is 11.5 Å². The summed E-state index contributed by atoms with van der Waals surface area (Å²) in [6.45, 7) is 2.47. The van der Waals surface area contributed by atoms with E-state index in [9.17, 15) is 17.6 Å². The standard InChI is InChI=1S/C20H23F4N3O2/c1-4-25-19(26-11-13-5-8-17(28-2)18(9-13)29-3)27-12-14-6-7-15(21)10-16(14)20(22,23)24/h5-10H,4,11-12H2,1-3H3,(H2,25,26,27). The van der Waals surface area contributed by atoms with Gasteiger partial charge in [-0.25, -0.2) is 9.38 Å². The number of methoxy groups -OCH3 is 2. The van der Waals surface area contributed by atoms with Crippen LogP contribution in [0.1, 0.15) is 23.6 Å². The van der Waals surface area contributed by atoms with Crippen molar-refractivity contribution in [1.82, 2.24) is 10.6 Å². The molecule has 0 bridgehead atoms. The molecule has 0 fully saturated rings. The van der Waals surface area contributed by atoms with Crippen molar-refractivity contribution in [3.05, 3.63) is 58.9 Å². The molecule has 2 aromatic rings. The van der Waals surface area contributed by atoms with E-state index >= 15 is 0 Å². The van der Waals surface area contributed by atoms with Gasteiger partial charge in [0, 0.05) is 13.1 Å². The lowest BCUT2D eigenvalue weighted by Crippen LogP contribution is -2.37. The van der Waals surface area contributed by atoms with E-state index in [1.165, 1.54) is 14.2 Å². The summed E-state index contributed by atoms with van der Waals surface area (Å²) in [4.78, 5) is 4.38. The molecule has 0 aliphatic rings. The summed E-state index contributed by atoms with van der Waals surface area (Å²) in [5.41, 5.74) is -0.256. The monoisotopic (exact) mass is 413 g/mol. The van der Waals surface area contributed by atoms with E-state index in [4.69, 9.17) is 9.47 Å². The van der Waals surface area contributed by atoms with Gasteiger partial charge in [-0.15, -0.1) is 0 Å². The van der Waals surface area contributed by atoms with Crippen LogP contribution in [0, 0.1) is 5.82 Å². The first-order chi connectivity index (χ1) is 13.8. The Hall–Kier alpha value is -2.97. The largest absolute Gasteiger partial charge is 0.493 e. The summed E-state index contributed by atoms with van der Waals surface area (Å²) < 4.78 is 63.1. The van der Waals surface area contributed by atoms with Crippen LogP contribution in [0.3, 0.4) is 0 Å². The van der Waals surface area contributed by atoms with Gasteiger partial charge in [0.05, 0.1) is 26.3 Å². The topological polar surface area (TPSA) is 54.9 Å². The maximum Gasteiger partial charge on any atom is 0.416 e. The van der Waals surface area contributed by atoms with Gasteiger partial charge in [-0.05, 0) is 42.3 Å². The lowest BCUT2D eigenvalue weighted by atomic mass is 10.1. The van der Waals surface area contributed by atoms with E-state index in [1.54, 1.807) is 12.1 Å². The Labute approximate surface area is 166 Å². The van der Waals surface area contributed by atoms with Crippen LogP contribution < -0.4 is 20.1 Å². The van der Waals surface area contributed by atoms with E-state index in [0.29, 0.717) is 30.1 Å². The predicted molar refractivity (Wildman–Crippen MR) is 103 cm³/mol. The molecule has 5 nitrogen and oxygen atoms in total. The number of rotatable bonds is 7. The quantitative estimate of drug-likeness (QED) is 0.407. The maximum absolute atomic E-state index is 13.2. The summed E-state index contributed by atoms with van der Waals surface area (Å²) in [5, 5.41) is 5.82. The second kappa shape index (κ2) is 9.99. The maximum atomic E-state index is 13.2. The number of ether oxygens (including phenoxy) is 2. The van der Waals surface area contributed by atoms with Crippen molar-refractivity contribution in [2.45, 2.75) is 26.2 Å². The van der Waals surface area contributed by atoms with Gasteiger partial charge in [-0.2, -0.15) is 13.2 Å². The molecule has 158 valence electrons. The first kappa shape index (κ1) is 22.3. The molecule has 0 saturated carbocycles. The summed E-state index contributed by atoms with van der Waals surface area (Å²) >= 11 is 0. The van der Waals surface area contributed by atoms with Gasteiger partial charge >= 0.3 is 6.18 Å². The summed E-state index contributed by atoms with van der Waals surface area (Å²) in [6.07, 6.45) is -4.64. The number of benzene rings is 2. The molecule has 0 aliphatic heterocycles. The van der Waals surface area contributed by atoms with Crippen LogP contribution in [-0.4, -0.2) is 26.7 Å². The molecule has 29 heavy (non-hydrogen) atoms. The molecule has 2 N–H and O–H groups in total. The molecule has 0 spiro atoms. The lowest BCUT2D eigenvalue weighted by Gasteiger charge is -2.16. The van der Waals surface area contributed by atoms with Crippen molar-refractivity contribution in [2.75, 3.05) is 20.8 Å². The molecule has 0 atom stereocenters. The highest BCUT2D eigenvalue weighted by Crippen LogP contribution is 2.32. The zero-order chi connectivity index (χ0) is 21.4. The van der Waals surface area contributed by atoms with Crippen LogP contribution in [0.25, 0.3) is 0 Å². The highest BCUT2D eigenvalue weighted by Gasteiger charge is 2.33. The minimum Gasteiger partial charge on any atom is -0.493 e. The molecule has 0 amide bonds. The van der Waals surface area contributed by atoms with E-state index in [0.717, 1.165) is 17.7 Å².